The second-order valence-electron chi connectivity index (χ2n) is 30.4. The van der Waals surface area contributed by atoms with Crippen LogP contribution in [0.3, 0.4) is 0 Å². The second-order valence-corrected chi connectivity index (χ2v) is 35.5. The van der Waals surface area contributed by atoms with E-state index in [4.69, 9.17) is 193 Å². The van der Waals surface area contributed by atoms with Crippen LogP contribution in [-0.2, 0) is 74.7 Å². The SMILES string of the molecule is CCOc1cccc(NC(=S)OC)c1COc1ccc(C)cc1Cl.COC(=S)Nc1cccc(C)c1COc1ccc(C)cc1Cl.COC(=S)Nc1cccc(C)c1COc1ccc(C)cc1Cl.COC(=S)Nc1cccc(C2CC2)c1COc1ccc(C)cc1Cl.COC(=S)Nc1cccc(CO)c1COc1ccc(C)cc1Cl.COC(=S)Nc1ccccc1COc1ccc(C)cc1Br. The Hall–Kier alpha value is -10.7. The minimum atomic E-state index is -0.102. The quantitative estimate of drug-likeness (QED) is 0.0227. The van der Waals surface area contributed by atoms with Gasteiger partial charge in [-0.3, -0.25) is 0 Å². The van der Waals surface area contributed by atoms with E-state index < -0.39 is 0 Å². The van der Waals surface area contributed by atoms with Gasteiger partial charge in [0.15, 0.2) is 0 Å². The summed E-state index contributed by atoms with van der Waals surface area (Å²) in [7, 11) is 9.18. The summed E-state index contributed by atoms with van der Waals surface area (Å²) in [5, 5.41) is 32.7. The molecular formula is C104H110BrCl5N6O14S6. The van der Waals surface area contributed by atoms with Crippen LogP contribution in [0.4, 0.5) is 34.1 Å². The topological polar surface area (TPSA) is 212 Å². The predicted octanol–water partition coefficient (Wildman–Crippen LogP) is 28.9. The van der Waals surface area contributed by atoms with E-state index in [1.807, 2.05) is 281 Å². The summed E-state index contributed by atoms with van der Waals surface area (Å²) in [5.74, 6) is 5.36. The van der Waals surface area contributed by atoms with E-state index in [1.54, 1.807) is 7.11 Å². The van der Waals surface area contributed by atoms with Gasteiger partial charge in [0, 0.05) is 56.3 Å². The molecule has 0 aliphatic heterocycles. The van der Waals surface area contributed by atoms with Crippen molar-refractivity contribution in [2.24, 2.45) is 0 Å². The minimum absolute atomic E-state index is 0.102. The fourth-order valence-electron chi connectivity index (χ4n) is 12.9. The smallest absolute Gasteiger partial charge is 0.260 e. The number of thiocarbonyl (C=S) groups is 6. The first-order valence-electron chi connectivity index (χ1n) is 42.6. The zero-order valence-corrected chi connectivity index (χ0v) is 88.2. The molecular weight excluding hydrogens is 2010 g/mol. The molecule has 0 saturated heterocycles. The molecule has 32 heteroatoms. The van der Waals surface area contributed by atoms with E-state index in [1.165, 1.54) is 59.5 Å². The average molecular weight is 2120 g/mol. The molecule has 0 heterocycles. The zero-order chi connectivity index (χ0) is 98.9. The number of aliphatic hydroxyl groups is 1. The molecule has 13 rings (SSSR count). The number of halogens is 6. The Morgan fingerprint density at radius 1 is 0.301 bits per heavy atom. The molecule has 136 heavy (non-hydrogen) atoms. The van der Waals surface area contributed by atoms with Gasteiger partial charge in [-0.15, -0.1) is 0 Å². The van der Waals surface area contributed by atoms with Crippen molar-refractivity contribution in [1.29, 1.82) is 0 Å². The first-order chi connectivity index (χ1) is 65.3. The largest absolute Gasteiger partial charge is 0.493 e. The summed E-state index contributed by atoms with van der Waals surface area (Å²) < 4.78 is 72.0. The zero-order valence-electron chi connectivity index (χ0n) is 78.0. The molecule has 20 nitrogen and oxygen atoms in total. The van der Waals surface area contributed by atoms with Gasteiger partial charge in [-0.05, 0) is 341 Å². The van der Waals surface area contributed by atoms with Crippen LogP contribution in [0.25, 0.3) is 0 Å². The van der Waals surface area contributed by atoms with Crippen molar-refractivity contribution in [2.45, 2.75) is 127 Å². The number of aliphatic hydroxyl groups excluding tert-OH is 1. The third kappa shape index (κ3) is 36.0. The van der Waals surface area contributed by atoms with Gasteiger partial charge in [0.05, 0.1) is 96.7 Å². The third-order valence-corrected chi connectivity index (χ3v) is 24.0. The van der Waals surface area contributed by atoms with Gasteiger partial charge in [0.25, 0.3) is 31.0 Å². The van der Waals surface area contributed by atoms with E-state index in [0.29, 0.717) is 114 Å². The van der Waals surface area contributed by atoms with Crippen LogP contribution in [0.5, 0.6) is 40.2 Å². The minimum Gasteiger partial charge on any atom is -0.493 e. The van der Waals surface area contributed by atoms with Crippen LogP contribution in [0.15, 0.2) is 229 Å². The van der Waals surface area contributed by atoms with Crippen LogP contribution in [0.2, 0.25) is 25.1 Å². The maximum atomic E-state index is 9.55. The van der Waals surface area contributed by atoms with Crippen LogP contribution in [-0.4, -0.2) is 85.4 Å². The molecule has 718 valence electrons. The lowest BCUT2D eigenvalue weighted by Gasteiger charge is -2.17. The molecule has 1 saturated carbocycles. The molecule has 0 amide bonds. The molecule has 0 unspecified atom stereocenters. The van der Waals surface area contributed by atoms with Gasteiger partial charge in [-0.25, -0.2) is 0 Å². The molecule has 12 aromatic rings. The van der Waals surface area contributed by atoms with Gasteiger partial charge < -0.3 is 98.6 Å². The molecule has 1 aliphatic rings. The first-order valence-corrected chi connectivity index (χ1v) is 47.7. The fraction of sp³-hybridized carbons (Fsp3) is 0.250. The third-order valence-electron chi connectivity index (χ3n) is 20.2. The summed E-state index contributed by atoms with van der Waals surface area (Å²) in [6.07, 6.45) is 2.44. The molecule has 7 N–H and O–H groups in total. The molecule has 12 aromatic carbocycles. The van der Waals surface area contributed by atoms with Crippen LogP contribution in [0.1, 0.15) is 115 Å². The highest BCUT2D eigenvalue weighted by atomic mass is 79.9. The molecule has 1 aliphatic carbocycles. The maximum absolute atomic E-state index is 9.55. The normalized spacial score (nSPS) is 10.8. The average Bonchev–Trinajstić information content (AvgIpc) is 1.64. The van der Waals surface area contributed by atoms with Crippen molar-refractivity contribution in [3.63, 3.8) is 0 Å². The number of rotatable bonds is 28. The van der Waals surface area contributed by atoms with Crippen LogP contribution >= 0.6 is 147 Å². The van der Waals surface area contributed by atoms with Gasteiger partial charge in [0.1, 0.15) is 79.9 Å². The molecule has 0 bridgehead atoms. The van der Waals surface area contributed by atoms with Crippen molar-refractivity contribution < 1.29 is 66.7 Å². The van der Waals surface area contributed by atoms with E-state index >= 15 is 0 Å². The highest BCUT2D eigenvalue weighted by Gasteiger charge is 2.28. The number of benzene rings is 12. The van der Waals surface area contributed by atoms with Crippen molar-refractivity contribution in [1.82, 2.24) is 0 Å². The number of methoxy groups -OCH3 is 6. The van der Waals surface area contributed by atoms with Gasteiger partial charge in [-0.1, -0.05) is 167 Å². The maximum Gasteiger partial charge on any atom is 0.260 e. The number of nitrogens with one attached hydrogen (secondary N) is 6. The van der Waals surface area contributed by atoms with Gasteiger partial charge in [0.2, 0.25) is 0 Å². The standard InChI is InChI=1S/C19H20ClNO2S.C18H20ClNO3S.C17H18ClNO3S.2C17H18ClNO2S.C16H16BrNO2S/c1-12-6-9-18(16(20)10-12)23-11-15-14(13-7-8-13)4-3-5-17(15)21-19(24)22-2;1-4-22-16-7-5-6-15(20-18(24)21-3)13(16)11-23-17-9-8-12(2)10-14(17)19;1-11-6-7-16(14(18)8-11)22-10-13-12(9-20)4-3-5-15(13)19-17(23)21-2;2*1-11-7-8-16(14(18)9-11)21-10-13-12(2)5-4-6-15(13)19-17(22)20-3;1-11-7-8-15(13(17)9-11)20-10-12-5-3-4-6-14(12)18-16(21)19-2/h3-6,9-10,13H,7-8,11H2,1-2H3,(H,21,24);5-10H,4,11H2,1-3H3,(H,20,24);3-8,20H,9-10H2,1-2H3,(H,19,23);2*4-9H,10H2,1-3H3,(H,19,22);3-9H,10H2,1-2H3,(H,18,21). The number of ether oxygens (including phenoxy) is 13. The lowest BCUT2D eigenvalue weighted by Crippen LogP contribution is -2.14. The molecule has 0 atom stereocenters. The Morgan fingerprint density at radius 2 is 0.581 bits per heavy atom. The van der Waals surface area contributed by atoms with Gasteiger partial charge in [-0.2, -0.15) is 0 Å². The summed E-state index contributed by atoms with van der Waals surface area (Å²) in [5.41, 5.74) is 21.7. The Bertz CT molecular complexity index is 5970. The summed E-state index contributed by atoms with van der Waals surface area (Å²) in [4.78, 5) is 0. The molecule has 1 fully saturated rings. The van der Waals surface area contributed by atoms with Crippen molar-refractivity contribution in [2.75, 3.05) is 81.2 Å². The number of hydrogen-bond acceptors (Lipinski definition) is 20. The van der Waals surface area contributed by atoms with E-state index in [2.05, 4.69) is 53.9 Å². The van der Waals surface area contributed by atoms with Crippen molar-refractivity contribution in [3.8, 4) is 40.2 Å². The van der Waals surface area contributed by atoms with E-state index in [0.717, 1.165) is 128 Å². The molecule has 0 spiro atoms. The fourth-order valence-corrected chi connectivity index (χ4v) is 15.6. The lowest BCUT2D eigenvalue weighted by molar-refractivity contribution is 0.270. The Labute approximate surface area is 863 Å². The highest BCUT2D eigenvalue weighted by Crippen LogP contribution is 2.44. The van der Waals surface area contributed by atoms with E-state index in [-0.39, 0.29) is 30.2 Å². The van der Waals surface area contributed by atoms with E-state index in [9.17, 15) is 5.11 Å². The number of aryl methyl sites for hydroxylation is 8. The predicted molar refractivity (Wildman–Crippen MR) is 582 cm³/mol. The number of anilines is 6. The molecule has 0 aromatic heterocycles. The lowest BCUT2D eigenvalue weighted by atomic mass is 10.0. The van der Waals surface area contributed by atoms with Crippen LogP contribution < -0.4 is 65.1 Å². The highest BCUT2D eigenvalue weighted by molar-refractivity contribution is 9.10. The first kappa shape index (κ1) is 111. The van der Waals surface area contributed by atoms with Crippen molar-refractivity contribution >= 4 is 212 Å². The number of para-hydroxylation sites is 1. The Balaban J connectivity index is 0.000000201. The Kier molecular flexibility index (Phi) is 46.7. The summed E-state index contributed by atoms with van der Waals surface area (Å²) >= 11 is 65.0. The molecule has 0 radical (unpaired) electrons. The monoisotopic (exact) mass is 2110 g/mol. The van der Waals surface area contributed by atoms with Gasteiger partial charge >= 0.3 is 0 Å². The second kappa shape index (κ2) is 57.5. The summed E-state index contributed by atoms with van der Waals surface area (Å²) in [6, 6.07) is 71.6. The van der Waals surface area contributed by atoms with Crippen LogP contribution in [0, 0.1) is 55.4 Å². The summed E-state index contributed by atoms with van der Waals surface area (Å²) in [6.45, 7) is 20.6. The Morgan fingerprint density at radius 3 is 0.934 bits per heavy atom. The van der Waals surface area contributed by atoms with Crippen molar-refractivity contribution in [3.05, 3.63) is 343 Å². The number of hydrogen-bond donors (Lipinski definition) is 7.